The van der Waals surface area contributed by atoms with Gasteiger partial charge < -0.3 is 10.7 Å². The Morgan fingerprint density at radius 1 is 1.40 bits per heavy atom. The fourth-order valence-corrected chi connectivity index (χ4v) is 1.92. The highest BCUT2D eigenvalue weighted by Crippen LogP contribution is 2.23. The van der Waals surface area contributed by atoms with Gasteiger partial charge in [-0.2, -0.15) is 0 Å². The third kappa shape index (κ3) is 2.57. The second kappa shape index (κ2) is 4.46. The number of hydrogen-bond donors (Lipinski definition) is 2. The van der Waals surface area contributed by atoms with Crippen LogP contribution in [0.1, 0.15) is 18.5 Å². The topological polar surface area (TPSA) is 67.6 Å². The predicted molar refractivity (Wildman–Crippen MR) is 59.6 cm³/mol. The molecular formula is C10H12N4S. The standard InChI is InChI=1S/C10H12N4S/c1-7(11)8-2-3-12-9(6-8)15-10-13-4-5-14-10/h2-7H,11H2,1H3,(H,13,14). The van der Waals surface area contributed by atoms with Gasteiger partial charge in [0.05, 0.1) is 0 Å². The summed E-state index contributed by atoms with van der Waals surface area (Å²) in [6, 6.07) is 3.94. The lowest BCUT2D eigenvalue weighted by molar-refractivity contribution is 0.808. The number of pyridine rings is 1. The van der Waals surface area contributed by atoms with Crippen molar-refractivity contribution in [2.24, 2.45) is 5.73 Å². The van der Waals surface area contributed by atoms with Crippen molar-refractivity contribution in [2.75, 3.05) is 0 Å². The van der Waals surface area contributed by atoms with E-state index in [0.29, 0.717) is 0 Å². The Balaban J connectivity index is 2.18. The molecule has 0 radical (unpaired) electrons. The second-order valence-corrected chi connectivity index (χ2v) is 4.22. The maximum absolute atomic E-state index is 5.80. The van der Waals surface area contributed by atoms with Crippen molar-refractivity contribution in [3.05, 3.63) is 36.3 Å². The monoisotopic (exact) mass is 220 g/mol. The van der Waals surface area contributed by atoms with Crippen LogP contribution in [0.3, 0.4) is 0 Å². The molecular weight excluding hydrogens is 208 g/mol. The van der Waals surface area contributed by atoms with Crippen molar-refractivity contribution < 1.29 is 0 Å². The lowest BCUT2D eigenvalue weighted by Gasteiger charge is -2.05. The van der Waals surface area contributed by atoms with Crippen LogP contribution in [0.2, 0.25) is 0 Å². The smallest absolute Gasteiger partial charge is 0.171 e. The number of nitrogens with one attached hydrogen (secondary N) is 1. The van der Waals surface area contributed by atoms with E-state index in [0.717, 1.165) is 15.7 Å². The largest absolute Gasteiger partial charge is 0.339 e. The highest BCUT2D eigenvalue weighted by Gasteiger charge is 2.04. The number of H-pyrrole nitrogens is 1. The lowest BCUT2D eigenvalue weighted by Crippen LogP contribution is -2.04. The minimum absolute atomic E-state index is 0.0314. The molecule has 2 heterocycles. The normalized spacial score (nSPS) is 12.7. The van der Waals surface area contributed by atoms with E-state index in [-0.39, 0.29) is 6.04 Å². The van der Waals surface area contributed by atoms with Crippen LogP contribution in [-0.4, -0.2) is 15.0 Å². The van der Waals surface area contributed by atoms with E-state index in [2.05, 4.69) is 15.0 Å². The first-order valence-electron chi connectivity index (χ1n) is 4.64. The first kappa shape index (κ1) is 10.2. The van der Waals surface area contributed by atoms with Gasteiger partial charge in [-0.15, -0.1) is 0 Å². The van der Waals surface area contributed by atoms with Gasteiger partial charge in [-0.05, 0) is 36.4 Å². The van der Waals surface area contributed by atoms with Crippen LogP contribution < -0.4 is 5.73 Å². The van der Waals surface area contributed by atoms with Crippen molar-refractivity contribution in [3.8, 4) is 0 Å². The van der Waals surface area contributed by atoms with Gasteiger partial charge in [-0.3, -0.25) is 0 Å². The molecule has 0 aliphatic heterocycles. The molecule has 0 saturated carbocycles. The molecule has 0 bridgehead atoms. The molecule has 4 nitrogen and oxygen atoms in total. The van der Waals surface area contributed by atoms with Crippen molar-refractivity contribution in [1.29, 1.82) is 0 Å². The van der Waals surface area contributed by atoms with Crippen LogP contribution >= 0.6 is 11.8 Å². The van der Waals surface area contributed by atoms with Gasteiger partial charge in [0.15, 0.2) is 5.16 Å². The number of imidazole rings is 1. The average Bonchev–Trinajstić information content (AvgIpc) is 2.71. The first-order chi connectivity index (χ1) is 7.25. The van der Waals surface area contributed by atoms with Gasteiger partial charge in [0.25, 0.3) is 0 Å². The predicted octanol–water partition coefficient (Wildman–Crippen LogP) is 1.98. The first-order valence-corrected chi connectivity index (χ1v) is 5.46. The summed E-state index contributed by atoms with van der Waals surface area (Å²) < 4.78 is 0. The van der Waals surface area contributed by atoms with Gasteiger partial charge in [-0.1, -0.05) is 0 Å². The number of hydrogen-bond acceptors (Lipinski definition) is 4. The number of nitrogens with two attached hydrogens (primary N) is 1. The Morgan fingerprint density at radius 2 is 2.27 bits per heavy atom. The van der Waals surface area contributed by atoms with Crippen LogP contribution in [0.15, 0.2) is 40.9 Å². The molecule has 0 aliphatic carbocycles. The van der Waals surface area contributed by atoms with Gasteiger partial charge in [0, 0.05) is 24.6 Å². The zero-order valence-corrected chi connectivity index (χ0v) is 9.16. The maximum Gasteiger partial charge on any atom is 0.171 e. The third-order valence-electron chi connectivity index (χ3n) is 1.96. The molecule has 0 saturated heterocycles. The summed E-state index contributed by atoms with van der Waals surface area (Å²) in [5.74, 6) is 0. The maximum atomic E-state index is 5.80. The van der Waals surface area contributed by atoms with Gasteiger partial charge in [0.1, 0.15) is 5.03 Å². The molecule has 1 unspecified atom stereocenters. The number of aromatic nitrogens is 3. The van der Waals surface area contributed by atoms with E-state index < -0.39 is 0 Å². The highest BCUT2D eigenvalue weighted by molar-refractivity contribution is 7.99. The minimum atomic E-state index is 0.0314. The average molecular weight is 220 g/mol. The molecule has 2 aromatic heterocycles. The summed E-state index contributed by atoms with van der Waals surface area (Å²) in [6.07, 6.45) is 5.28. The minimum Gasteiger partial charge on any atom is -0.339 e. The fraction of sp³-hybridized carbons (Fsp3) is 0.200. The highest BCUT2D eigenvalue weighted by atomic mass is 32.2. The molecule has 5 heteroatoms. The van der Waals surface area contributed by atoms with Crippen LogP contribution in [0.25, 0.3) is 0 Å². The van der Waals surface area contributed by atoms with Crippen molar-refractivity contribution >= 4 is 11.8 Å². The number of nitrogens with zero attached hydrogens (tertiary/aromatic N) is 2. The van der Waals surface area contributed by atoms with E-state index in [1.807, 2.05) is 19.1 Å². The quantitative estimate of drug-likeness (QED) is 0.830. The Labute approximate surface area is 92.3 Å². The molecule has 0 amide bonds. The molecule has 2 aromatic rings. The second-order valence-electron chi connectivity index (χ2n) is 3.21. The van der Waals surface area contributed by atoms with E-state index in [4.69, 9.17) is 5.73 Å². The molecule has 0 fully saturated rings. The Kier molecular flexibility index (Phi) is 3.03. The molecule has 3 N–H and O–H groups in total. The summed E-state index contributed by atoms with van der Waals surface area (Å²) in [5, 5.41) is 1.74. The van der Waals surface area contributed by atoms with Crippen LogP contribution in [-0.2, 0) is 0 Å². The van der Waals surface area contributed by atoms with Crippen molar-refractivity contribution in [2.45, 2.75) is 23.1 Å². The van der Waals surface area contributed by atoms with Gasteiger partial charge in [0.2, 0.25) is 0 Å². The Bertz CT molecular complexity index is 425. The number of aromatic amines is 1. The molecule has 78 valence electrons. The van der Waals surface area contributed by atoms with E-state index in [1.165, 1.54) is 11.8 Å². The van der Waals surface area contributed by atoms with E-state index in [1.54, 1.807) is 18.6 Å². The fourth-order valence-electron chi connectivity index (χ4n) is 1.17. The molecule has 0 aliphatic rings. The molecule has 0 aromatic carbocycles. The van der Waals surface area contributed by atoms with Crippen molar-refractivity contribution in [3.63, 3.8) is 0 Å². The van der Waals surface area contributed by atoms with E-state index >= 15 is 0 Å². The third-order valence-corrected chi connectivity index (χ3v) is 2.81. The molecule has 1 atom stereocenters. The van der Waals surface area contributed by atoms with Gasteiger partial charge >= 0.3 is 0 Å². The SMILES string of the molecule is CC(N)c1ccnc(Sc2ncc[nH]2)c1. The van der Waals surface area contributed by atoms with Crippen LogP contribution in [0.4, 0.5) is 0 Å². The summed E-state index contributed by atoms with van der Waals surface area (Å²) in [4.78, 5) is 11.4. The zero-order valence-electron chi connectivity index (χ0n) is 8.34. The molecule has 2 rings (SSSR count). The summed E-state index contributed by atoms with van der Waals surface area (Å²) in [5.41, 5.74) is 6.88. The number of rotatable bonds is 3. The summed E-state index contributed by atoms with van der Waals surface area (Å²) in [7, 11) is 0. The van der Waals surface area contributed by atoms with Crippen LogP contribution in [0, 0.1) is 0 Å². The summed E-state index contributed by atoms with van der Waals surface area (Å²) >= 11 is 1.49. The van der Waals surface area contributed by atoms with Crippen LogP contribution in [0.5, 0.6) is 0 Å². The molecule has 15 heavy (non-hydrogen) atoms. The van der Waals surface area contributed by atoms with Crippen molar-refractivity contribution in [1.82, 2.24) is 15.0 Å². The van der Waals surface area contributed by atoms with Gasteiger partial charge in [-0.25, -0.2) is 9.97 Å². The van der Waals surface area contributed by atoms with E-state index in [9.17, 15) is 0 Å². The lowest BCUT2D eigenvalue weighted by atomic mass is 10.1. The summed E-state index contributed by atoms with van der Waals surface area (Å²) in [6.45, 7) is 1.96. The zero-order chi connectivity index (χ0) is 10.7. The Morgan fingerprint density at radius 3 is 2.93 bits per heavy atom. The molecule has 0 spiro atoms. The Hall–Kier alpha value is -1.33.